The molecule has 1 fully saturated rings. The number of unbranched alkanes of at least 4 members (excludes halogenated alkanes) is 1. The summed E-state index contributed by atoms with van der Waals surface area (Å²) < 4.78 is 5.18. The normalized spacial score (nSPS) is 21.6. The summed E-state index contributed by atoms with van der Waals surface area (Å²) in [6.45, 7) is 3.24. The molecule has 0 bridgehead atoms. The van der Waals surface area contributed by atoms with E-state index in [4.69, 9.17) is 4.52 Å². The van der Waals surface area contributed by atoms with E-state index < -0.39 is 0 Å². The molecule has 0 aliphatic carbocycles. The fraction of sp³-hybridized carbons (Fsp3) is 0.800. The van der Waals surface area contributed by atoms with Crippen LogP contribution in [0.15, 0.2) is 4.52 Å². The van der Waals surface area contributed by atoms with E-state index in [1.807, 2.05) is 0 Å². The van der Waals surface area contributed by atoms with Gasteiger partial charge in [-0.15, -0.1) is 0 Å². The van der Waals surface area contributed by atoms with E-state index in [2.05, 4.69) is 22.4 Å². The molecule has 78 valence electrons. The Kier molecular flexibility index (Phi) is 3.14. The molecule has 1 saturated heterocycles. The van der Waals surface area contributed by atoms with E-state index in [1.54, 1.807) is 0 Å². The molecular formula is C10H17N3O. The fourth-order valence-electron chi connectivity index (χ4n) is 1.74. The van der Waals surface area contributed by atoms with Crippen LogP contribution < -0.4 is 5.32 Å². The summed E-state index contributed by atoms with van der Waals surface area (Å²) in [5.41, 5.74) is 0. The minimum atomic E-state index is 0.328. The molecule has 1 atom stereocenters. The first kappa shape index (κ1) is 9.65. The molecule has 1 aromatic heterocycles. The van der Waals surface area contributed by atoms with Crippen LogP contribution in [-0.4, -0.2) is 16.7 Å². The molecule has 4 heteroatoms. The third kappa shape index (κ3) is 2.12. The molecule has 0 aromatic carbocycles. The van der Waals surface area contributed by atoms with Crippen LogP contribution in [0.4, 0.5) is 0 Å². The zero-order valence-electron chi connectivity index (χ0n) is 8.62. The summed E-state index contributed by atoms with van der Waals surface area (Å²) in [6, 6.07) is 0.328. The molecule has 1 aromatic rings. The van der Waals surface area contributed by atoms with Gasteiger partial charge in [-0.3, -0.25) is 0 Å². The van der Waals surface area contributed by atoms with Crippen molar-refractivity contribution >= 4 is 0 Å². The second kappa shape index (κ2) is 4.55. The van der Waals surface area contributed by atoms with Gasteiger partial charge in [0.1, 0.15) is 0 Å². The molecule has 0 radical (unpaired) electrons. The Morgan fingerprint density at radius 2 is 2.50 bits per heavy atom. The van der Waals surface area contributed by atoms with E-state index >= 15 is 0 Å². The monoisotopic (exact) mass is 195 g/mol. The van der Waals surface area contributed by atoms with Gasteiger partial charge in [0, 0.05) is 6.42 Å². The van der Waals surface area contributed by atoms with Gasteiger partial charge in [0.15, 0.2) is 5.82 Å². The summed E-state index contributed by atoms with van der Waals surface area (Å²) in [7, 11) is 0. The van der Waals surface area contributed by atoms with Crippen molar-refractivity contribution in [3.05, 3.63) is 11.7 Å². The van der Waals surface area contributed by atoms with Gasteiger partial charge in [0.05, 0.1) is 6.04 Å². The van der Waals surface area contributed by atoms with Crippen molar-refractivity contribution in [2.45, 2.75) is 45.1 Å². The summed E-state index contributed by atoms with van der Waals surface area (Å²) in [5, 5.41) is 7.36. The highest BCUT2D eigenvalue weighted by Gasteiger charge is 2.21. The minimum Gasteiger partial charge on any atom is -0.339 e. The summed E-state index contributed by atoms with van der Waals surface area (Å²) in [6.07, 6.45) is 5.55. The minimum absolute atomic E-state index is 0.328. The zero-order chi connectivity index (χ0) is 9.80. The van der Waals surface area contributed by atoms with Crippen molar-refractivity contribution in [2.24, 2.45) is 0 Å². The van der Waals surface area contributed by atoms with Gasteiger partial charge >= 0.3 is 0 Å². The number of rotatable bonds is 4. The van der Waals surface area contributed by atoms with Gasteiger partial charge in [-0.1, -0.05) is 18.5 Å². The Bertz CT molecular complexity index is 279. The van der Waals surface area contributed by atoms with E-state index in [9.17, 15) is 0 Å². The molecule has 4 nitrogen and oxygen atoms in total. The molecule has 2 rings (SSSR count). The van der Waals surface area contributed by atoms with Gasteiger partial charge in [0.2, 0.25) is 5.89 Å². The van der Waals surface area contributed by atoms with Crippen LogP contribution in [0.3, 0.4) is 0 Å². The number of nitrogens with one attached hydrogen (secondary N) is 1. The summed E-state index contributed by atoms with van der Waals surface area (Å²) in [5.74, 6) is 1.63. The predicted molar refractivity (Wildman–Crippen MR) is 52.9 cm³/mol. The second-order valence-electron chi connectivity index (χ2n) is 3.80. The van der Waals surface area contributed by atoms with Crippen molar-refractivity contribution in [3.63, 3.8) is 0 Å². The Balaban J connectivity index is 1.94. The Morgan fingerprint density at radius 3 is 3.21 bits per heavy atom. The van der Waals surface area contributed by atoms with Crippen molar-refractivity contribution in [3.8, 4) is 0 Å². The van der Waals surface area contributed by atoms with E-state index in [0.717, 1.165) is 37.5 Å². The van der Waals surface area contributed by atoms with Gasteiger partial charge in [-0.2, -0.15) is 4.98 Å². The maximum absolute atomic E-state index is 5.18. The average molecular weight is 195 g/mol. The SMILES string of the molecule is CCCCc1nc(C2CCCN2)no1. The highest BCUT2D eigenvalue weighted by Crippen LogP contribution is 2.20. The number of hydrogen-bond acceptors (Lipinski definition) is 4. The number of aryl methyl sites for hydroxylation is 1. The van der Waals surface area contributed by atoms with Crippen molar-refractivity contribution in [1.29, 1.82) is 0 Å². The third-order valence-electron chi connectivity index (χ3n) is 2.60. The van der Waals surface area contributed by atoms with Crippen molar-refractivity contribution in [1.82, 2.24) is 15.5 Å². The maximum atomic E-state index is 5.18. The Labute approximate surface area is 84.1 Å². The first-order valence-electron chi connectivity index (χ1n) is 5.46. The maximum Gasteiger partial charge on any atom is 0.226 e. The molecule has 1 aliphatic rings. The lowest BCUT2D eigenvalue weighted by molar-refractivity contribution is 0.365. The molecule has 1 unspecified atom stereocenters. The molecule has 0 amide bonds. The molecule has 2 heterocycles. The molecule has 1 N–H and O–H groups in total. The fourth-order valence-corrected chi connectivity index (χ4v) is 1.74. The van der Waals surface area contributed by atoms with E-state index in [0.29, 0.717) is 6.04 Å². The molecule has 14 heavy (non-hydrogen) atoms. The lowest BCUT2D eigenvalue weighted by Crippen LogP contribution is -2.14. The van der Waals surface area contributed by atoms with Crippen LogP contribution >= 0.6 is 0 Å². The molecule has 0 saturated carbocycles. The average Bonchev–Trinajstić information content (AvgIpc) is 2.85. The van der Waals surface area contributed by atoms with Crippen LogP contribution in [-0.2, 0) is 6.42 Å². The van der Waals surface area contributed by atoms with Gasteiger partial charge in [-0.05, 0) is 25.8 Å². The van der Waals surface area contributed by atoms with Crippen molar-refractivity contribution in [2.75, 3.05) is 6.54 Å². The van der Waals surface area contributed by atoms with E-state index in [1.165, 1.54) is 12.8 Å². The molecule has 0 spiro atoms. The molecule has 1 aliphatic heterocycles. The highest BCUT2D eigenvalue weighted by molar-refractivity contribution is 4.96. The third-order valence-corrected chi connectivity index (χ3v) is 2.60. The predicted octanol–water partition coefficient (Wildman–Crippen LogP) is 1.84. The second-order valence-corrected chi connectivity index (χ2v) is 3.80. The summed E-state index contributed by atoms with van der Waals surface area (Å²) >= 11 is 0. The first-order valence-corrected chi connectivity index (χ1v) is 5.46. The lowest BCUT2D eigenvalue weighted by Gasteiger charge is -2.01. The highest BCUT2D eigenvalue weighted by atomic mass is 16.5. The van der Waals surface area contributed by atoms with Crippen molar-refractivity contribution < 1.29 is 4.52 Å². The summed E-state index contributed by atoms with van der Waals surface area (Å²) in [4.78, 5) is 4.39. The van der Waals surface area contributed by atoms with Crippen LogP contribution in [0.2, 0.25) is 0 Å². The Morgan fingerprint density at radius 1 is 1.57 bits per heavy atom. The number of nitrogens with zero attached hydrogens (tertiary/aromatic N) is 2. The van der Waals surface area contributed by atoms with Crippen LogP contribution in [0.25, 0.3) is 0 Å². The Hall–Kier alpha value is -0.900. The zero-order valence-corrected chi connectivity index (χ0v) is 8.62. The van der Waals surface area contributed by atoms with Crippen LogP contribution in [0, 0.1) is 0 Å². The smallest absolute Gasteiger partial charge is 0.226 e. The number of hydrogen-bond donors (Lipinski definition) is 1. The first-order chi connectivity index (χ1) is 6.90. The quantitative estimate of drug-likeness (QED) is 0.796. The number of aromatic nitrogens is 2. The standard InChI is InChI=1S/C10H17N3O/c1-2-3-6-9-12-10(13-14-9)8-5-4-7-11-8/h8,11H,2-7H2,1H3. The van der Waals surface area contributed by atoms with Crippen LogP contribution in [0.5, 0.6) is 0 Å². The van der Waals surface area contributed by atoms with E-state index in [-0.39, 0.29) is 0 Å². The lowest BCUT2D eigenvalue weighted by atomic mass is 10.2. The largest absolute Gasteiger partial charge is 0.339 e. The van der Waals surface area contributed by atoms with Gasteiger partial charge in [0.25, 0.3) is 0 Å². The van der Waals surface area contributed by atoms with Gasteiger partial charge in [-0.25, -0.2) is 0 Å². The topological polar surface area (TPSA) is 51.0 Å². The van der Waals surface area contributed by atoms with Crippen LogP contribution in [0.1, 0.15) is 50.4 Å². The van der Waals surface area contributed by atoms with Gasteiger partial charge < -0.3 is 9.84 Å². The molecular weight excluding hydrogens is 178 g/mol.